The molecule has 0 radical (unpaired) electrons. The minimum absolute atomic E-state index is 0.160. The Morgan fingerprint density at radius 2 is 1.66 bits per heavy atom. The van der Waals surface area contributed by atoms with Crippen molar-refractivity contribution in [2.75, 3.05) is 13.6 Å². The molecule has 1 aromatic carbocycles. The second-order valence-electron chi connectivity index (χ2n) is 11.2. The Hall–Kier alpha value is -3.77. The zero-order valence-electron chi connectivity index (χ0n) is 27.8. The van der Waals surface area contributed by atoms with Gasteiger partial charge in [0.2, 0.25) is 0 Å². The topological polar surface area (TPSA) is 111 Å². The third kappa shape index (κ3) is 10.6. The lowest BCUT2D eigenvalue weighted by Gasteiger charge is -2.23. The molecule has 3 aliphatic rings. The number of hydrogen-bond donors (Lipinski definition) is 3. The summed E-state index contributed by atoms with van der Waals surface area (Å²) in [5.74, 6) is -4.04. The van der Waals surface area contributed by atoms with Crippen LogP contribution in [-0.4, -0.2) is 43.6 Å². The maximum atomic E-state index is 13.4. The summed E-state index contributed by atoms with van der Waals surface area (Å²) in [5, 5.41) is 2.71. The van der Waals surface area contributed by atoms with Gasteiger partial charge in [0, 0.05) is 42.5 Å². The lowest BCUT2D eigenvalue weighted by atomic mass is 9.84. The van der Waals surface area contributed by atoms with E-state index in [0.717, 1.165) is 23.0 Å². The summed E-state index contributed by atoms with van der Waals surface area (Å²) in [4.78, 5) is 23.9. The normalized spacial score (nSPS) is 21.7. The van der Waals surface area contributed by atoms with Gasteiger partial charge in [-0.25, -0.2) is 13.2 Å². The van der Waals surface area contributed by atoms with Crippen molar-refractivity contribution in [3.8, 4) is 11.3 Å². The molecule has 3 atom stereocenters. The number of aldehydes is 1. The van der Waals surface area contributed by atoms with Crippen LogP contribution in [0, 0.1) is 11.7 Å². The summed E-state index contributed by atoms with van der Waals surface area (Å²) in [7, 11) is 1.50. The monoisotopic (exact) mass is 668 g/mol. The molecule has 12 heteroatoms. The molecule has 260 valence electrons. The third-order valence-corrected chi connectivity index (χ3v) is 7.88. The fourth-order valence-electron chi connectivity index (χ4n) is 5.01. The number of pyridine rings is 1. The number of nitrogens with one attached hydrogen (secondary N) is 1. The first-order chi connectivity index (χ1) is 22.2. The number of nitrogens with zero attached hydrogens (tertiary/aromatic N) is 1. The van der Waals surface area contributed by atoms with Crippen molar-refractivity contribution in [3.63, 3.8) is 0 Å². The van der Waals surface area contributed by atoms with E-state index in [1.807, 2.05) is 33.6 Å². The summed E-state index contributed by atoms with van der Waals surface area (Å²) < 4.78 is 80.0. The highest BCUT2D eigenvalue weighted by molar-refractivity contribution is 5.76. The number of halogens is 6. The van der Waals surface area contributed by atoms with Gasteiger partial charge in [-0.05, 0) is 92.4 Å². The molecular weight excluding hydrogens is 622 g/mol. The Kier molecular flexibility index (Phi) is 15.8. The Morgan fingerprint density at radius 1 is 1.09 bits per heavy atom. The van der Waals surface area contributed by atoms with Crippen LogP contribution < -0.4 is 16.8 Å². The van der Waals surface area contributed by atoms with E-state index >= 15 is 0 Å². The van der Waals surface area contributed by atoms with Crippen LogP contribution in [0.4, 0.5) is 26.3 Å². The number of aromatic nitrogens is 1. The highest BCUT2D eigenvalue weighted by Crippen LogP contribution is 2.44. The van der Waals surface area contributed by atoms with Crippen molar-refractivity contribution in [1.82, 2.24) is 10.3 Å². The third-order valence-electron chi connectivity index (χ3n) is 7.88. The van der Waals surface area contributed by atoms with E-state index in [0.29, 0.717) is 42.5 Å². The van der Waals surface area contributed by atoms with E-state index in [1.165, 1.54) is 43.5 Å². The molecule has 1 fully saturated rings. The minimum Gasteiger partial charge on any atom is -0.359 e. The molecule has 0 spiro atoms. The first-order valence-electron chi connectivity index (χ1n) is 15.3. The van der Waals surface area contributed by atoms with E-state index in [-0.39, 0.29) is 17.4 Å². The number of rotatable bonds is 6. The van der Waals surface area contributed by atoms with Gasteiger partial charge in [0.25, 0.3) is 0 Å². The molecule has 0 saturated heterocycles. The van der Waals surface area contributed by atoms with Crippen LogP contribution >= 0.6 is 0 Å². The van der Waals surface area contributed by atoms with Crippen LogP contribution in [0.5, 0.6) is 0 Å². The number of benzene rings is 1. The fourth-order valence-corrected chi connectivity index (χ4v) is 5.01. The quantitative estimate of drug-likeness (QED) is 0.166. The Bertz CT molecular complexity index is 1420. The van der Waals surface area contributed by atoms with E-state index in [2.05, 4.69) is 16.0 Å². The summed E-state index contributed by atoms with van der Waals surface area (Å²) >= 11 is 0. The second kappa shape index (κ2) is 18.0. The zero-order chi connectivity index (χ0) is 36.2. The average molecular weight is 669 g/mol. The van der Waals surface area contributed by atoms with Crippen LogP contribution in [0.1, 0.15) is 76.6 Å². The molecule has 0 bridgehead atoms. The number of hydrogen-bond acceptors (Lipinski definition) is 6. The minimum atomic E-state index is -4.55. The van der Waals surface area contributed by atoms with Crippen LogP contribution in [0.15, 0.2) is 65.7 Å². The molecule has 2 aromatic rings. The number of carbonyl (C=O) groups excluding carboxylic acids is 2. The van der Waals surface area contributed by atoms with E-state index in [9.17, 15) is 31.1 Å². The van der Waals surface area contributed by atoms with Crippen molar-refractivity contribution in [3.05, 3.63) is 88.3 Å². The van der Waals surface area contributed by atoms with Crippen LogP contribution in [-0.2, 0) is 21.4 Å². The Morgan fingerprint density at radius 3 is 2.15 bits per heavy atom. The van der Waals surface area contributed by atoms with Crippen molar-refractivity contribution in [2.24, 2.45) is 17.4 Å². The smallest absolute Gasteiger partial charge is 0.359 e. The molecule has 1 aromatic heterocycles. The van der Waals surface area contributed by atoms with Gasteiger partial charge in [-0.3, -0.25) is 4.98 Å². The molecule has 3 unspecified atom stereocenters. The fraction of sp³-hybridized carbons (Fsp3) is 0.457. The highest BCUT2D eigenvalue weighted by Gasteiger charge is 2.44. The van der Waals surface area contributed by atoms with E-state index in [4.69, 9.17) is 10.5 Å². The molecular formula is C35H46F6N4O2. The lowest BCUT2D eigenvalue weighted by molar-refractivity contribution is -0.148. The number of fused-ring (bicyclic) bond motifs is 1. The SMILES string of the molecule is C=O.CC.CC1(C=O)CCc2c1cc(C(CN)C(F)(F)F)nc2-c1ccc(F)cc1.CC1=C/C(=C/NC2(F)CC2)C(C)C(F)=C1.CN. The van der Waals surface area contributed by atoms with Crippen molar-refractivity contribution in [2.45, 2.75) is 83.6 Å². The zero-order valence-corrected chi connectivity index (χ0v) is 27.8. The Balaban J connectivity index is 0.000000446. The first-order valence-corrected chi connectivity index (χ1v) is 15.3. The highest BCUT2D eigenvalue weighted by atomic mass is 19.4. The van der Waals surface area contributed by atoms with Gasteiger partial charge in [0.1, 0.15) is 30.6 Å². The second-order valence-corrected chi connectivity index (χ2v) is 11.2. The van der Waals surface area contributed by atoms with Gasteiger partial charge >= 0.3 is 6.18 Å². The van der Waals surface area contributed by atoms with Gasteiger partial charge in [-0.1, -0.05) is 26.8 Å². The summed E-state index contributed by atoms with van der Waals surface area (Å²) in [6, 6.07) is 6.77. The molecule has 5 N–H and O–H groups in total. The van der Waals surface area contributed by atoms with Crippen molar-refractivity contribution in [1.29, 1.82) is 0 Å². The van der Waals surface area contributed by atoms with Gasteiger partial charge < -0.3 is 26.4 Å². The maximum absolute atomic E-state index is 13.4. The molecule has 5 rings (SSSR count). The van der Waals surface area contributed by atoms with Gasteiger partial charge in [-0.2, -0.15) is 13.2 Å². The van der Waals surface area contributed by atoms with Gasteiger partial charge in [0.05, 0.1) is 11.4 Å². The number of alkyl halides is 4. The predicted octanol–water partition coefficient (Wildman–Crippen LogP) is 7.68. The summed E-state index contributed by atoms with van der Waals surface area (Å²) in [5.41, 5.74) is 12.6. The maximum Gasteiger partial charge on any atom is 0.398 e. The van der Waals surface area contributed by atoms with Gasteiger partial charge in [0.15, 0.2) is 5.79 Å². The summed E-state index contributed by atoms with van der Waals surface area (Å²) in [6.07, 6.45) is 3.33. The van der Waals surface area contributed by atoms with E-state index in [1.54, 1.807) is 20.0 Å². The number of allylic oxidation sites excluding steroid dienone is 5. The number of nitrogens with two attached hydrogens (primary N) is 2. The molecule has 1 saturated carbocycles. The average Bonchev–Trinajstić information content (AvgIpc) is 3.71. The van der Waals surface area contributed by atoms with Crippen LogP contribution in [0.3, 0.4) is 0 Å². The largest absolute Gasteiger partial charge is 0.398 e. The van der Waals surface area contributed by atoms with Crippen molar-refractivity contribution >= 4 is 13.1 Å². The summed E-state index contributed by atoms with van der Waals surface area (Å²) in [6.45, 7) is 10.7. The first kappa shape index (κ1) is 41.3. The van der Waals surface area contributed by atoms with Crippen LogP contribution in [0.25, 0.3) is 11.3 Å². The molecule has 1 heterocycles. The molecule has 0 aliphatic heterocycles. The molecule has 3 aliphatic carbocycles. The van der Waals surface area contributed by atoms with E-state index < -0.39 is 35.7 Å². The number of carbonyl (C=O) groups is 2. The Labute approximate surface area is 273 Å². The molecule has 0 amide bonds. The van der Waals surface area contributed by atoms with Crippen molar-refractivity contribution < 1.29 is 35.9 Å². The predicted molar refractivity (Wildman–Crippen MR) is 174 cm³/mol. The molecule has 47 heavy (non-hydrogen) atoms. The standard InChI is InChI=1S/C19H18F4N2O.C12H15F2N.C2H6.CH5N.CH2O/c1-18(10-26)7-6-13-14(18)8-16(15(9-24)19(21,22)23)25-17(13)11-2-4-12(20)5-3-11;1-8-5-10(9(2)11(13)6-8)7-15-12(14)3-4-12;3*1-2/h2-5,8,10,15H,6-7,9,24H2,1H3;5-7,9,15H,3-4H2,1-2H3;1-2H3;2H2,1H3;1H2/b;10-7-;;;. The van der Waals surface area contributed by atoms with Crippen LogP contribution in [0.2, 0.25) is 0 Å². The van der Waals surface area contributed by atoms with Gasteiger partial charge in [-0.15, -0.1) is 0 Å². The molecule has 6 nitrogen and oxygen atoms in total. The lowest BCUT2D eigenvalue weighted by Crippen LogP contribution is -2.30.